The van der Waals surface area contributed by atoms with Gasteiger partial charge in [0, 0.05) is 18.1 Å². The summed E-state index contributed by atoms with van der Waals surface area (Å²) < 4.78 is 27.4. The van der Waals surface area contributed by atoms with Crippen LogP contribution in [0.3, 0.4) is 0 Å². The van der Waals surface area contributed by atoms with Crippen molar-refractivity contribution in [1.29, 1.82) is 0 Å². The van der Waals surface area contributed by atoms with Crippen molar-refractivity contribution in [1.82, 2.24) is 4.98 Å². The highest BCUT2D eigenvalue weighted by Crippen LogP contribution is 2.13. The summed E-state index contributed by atoms with van der Waals surface area (Å²) in [7, 11) is 0. The molecule has 0 atom stereocenters. The average molecular weight is 194 g/mol. The van der Waals surface area contributed by atoms with E-state index in [-0.39, 0.29) is 11.8 Å². The van der Waals surface area contributed by atoms with E-state index >= 15 is 0 Å². The second-order valence-corrected chi connectivity index (χ2v) is 2.28. The maximum atomic E-state index is 11.7. The summed E-state index contributed by atoms with van der Waals surface area (Å²) in [5.41, 5.74) is 0.697. The maximum Gasteiger partial charge on any atom is 0.388 e. The number of alkyl halides is 3. The third-order valence-electron chi connectivity index (χ3n) is 1.16. The van der Waals surface area contributed by atoms with E-state index in [1.807, 2.05) is 0 Å². The van der Waals surface area contributed by atoms with Crippen LogP contribution in [0, 0.1) is 0 Å². The molecule has 0 saturated heterocycles. The van der Waals surface area contributed by atoms with Crippen LogP contribution in [0.15, 0.2) is 18.3 Å². The zero-order chi connectivity index (χ0) is 8.97. The van der Waals surface area contributed by atoms with Crippen LogP contribution >= 0.6 is 11.6 Å². The molecule has 0 aliphatic rings. The number of hydrogen-bond acceptors (Lipinski definition) is 2. The lowest BCUT2D eigenvalue weighted by atomic mass is 10.3. The molecule has 0 spiro atoms. The Hall–Kier alpha value is -0.900. The predicted octanol–water partition coefficient (Wildman–Crippen LogP) is 2.42. The summed E-state index contributed by atoms with van der Waals surface area (Å²) in [6.45, 7) is -2.84. The van der Waals surface area contributed by atoms with Crippen molar-refractivity contribution in [3.63, 3.8) is 0 Å². The van der Waals surface area contributed by atoms with E-state index in [1.165, 1.54) is 12.3 Å². The maximum absolute atomic E-state index is 11.7. The summed E-state index contributed by atoms with van der Waals surface area (Å²) in [5, 5.41) is 0. The molecule has 0 aliphatic carbocycles. The van der Waals surface area contributed by atoms with Gasteiger partial charge in [0.2, 0.25) is 5.88 Å². The molecule has 0 amide bonds. The fourth-order valence-electron chi connectivity index (χ4n) is 0.689. The Morgan fingerprint density at radius 2 is 2.33 bits per heavy atom. The molecule has 1 heterocycles. The summed E-state index contributed by atoms with van der Waals surface area (Å²) >= 11 is 5.46. The fourth-order valence-corrected chi connectivity index (χ4v) is 0.856. The van der Waals surface area contributed by atoms with Gasteiger partial charge in [-0.2, -0.15) is 8.78 Å². The van der Waals surface area contributed by atoms with Gasteiger partial charge in [0.1, 0.15) is 0 Å². The summed E-state index contributed by atoms with van der Waals surface area (Å²) in [6.07, 6.45) is 1.37. The monoisotopic (exact) mass is 193 g/mol. The Kier molecular flexibility index (Phi) is 3.22. The zero-order valence-corrected chi connectivity index (χ0v) is 6.76. The van der Waals surface area contributed by atoms with Crippen LogP contribution in [0.25, 0.3) is 0 Å². The molecule has 0 N–H and O–H groups in total. The Morgan fingerprint density at radius 1 is 1.58 bits per heavy atom. The SMILES string of the molecule is FC(F)Oc1cc(CCl)ccn1. The van der Waals surface area contributed by atoms with E-state index in [0.29, 0.717) is 5.56 Å². The summed E-state index contributed by atoms with van der Waals surface area (Å²) in [6, 6.07) is 3.00. The third-order valence-corrected chi connectivity index (χ3v) is 1.47. The van der Waals surface area contributed by atoms with Crippen molar-refractivity contribution in [2.75, 3.05) is 0 Å². The number of nitrogens with zero attached hydrogens (tertiary/aromatic N) is 1. The first kappa shape index (κ1) is 9.19. The molecule has 0 bridgehead atoms. The van der Waals surface area contributed by atoms with Gasteiger partial charge in [-0.05, 0) is 11.6 Å². The molecule has 5 heteroatoms. The number of aromatic nitrogens is 1. The molecule has 0 unspecified atom stereocenters. The van der Waals surface area contributed by atoms with Crippen LogP contribution in [0.4, 0.5) is 8.78 Å². The zero-order valence-electron chi connectivity index (χ0n) is 6.01. The topological polar surface area (TPSA) is 22.1 Å². The highest BCUT2D eigenvalue weighted by atomic mass is 35.5. The number of hydrogen-bond donors (Lipinski definition) is 0. The lowest BCUT2D eigenvalue weighted by Crippen LogP contribution is -2.03. The molecule has 1 aromatic heterocycles. The van der Waals surface area contributed by atoms with Crippen LogP contribution in [-0.2, 0) is 5.88 Å². The second-order valence-electron chi connectivity index (χ2n) is 2.01. The van der Waals surface area contributed by atoms with E-state index in [0.717, 1.165) is 0 Å². The van der Waals surface area contributed by atoms with E-state index in [2.05, 4.69) is 9.72 Å². The van der Waals surface area contributed by atoms with Crippen LogP contribution in [0.1, 0.15) is 5.56 Å². The minimum Gasteiger partial charge on any atom is -0.417 e. The van der Waals surface area contributed by atoms with Crippen molar-refractivity contribution in [3.8, 4) is 5.88 Å². The molecular formula is C7H6ClF2NO. The van der Waals surface area contributed by atoms with Gasteiger partial charge in [-0.1, -0.05) is 0 Å². The summed E-state index contributed by atoms with van der Waals surface area (Å²) in [5.74, 6) is 0.144. The Labute approximate surface area is 73.1 Å². The van der Waals surface area contributed by atoms with Crippen molar-refractivity contribution in [2.45, 2.75) is 12.5 Å². The first-order valence-electron chi connectivity index (χ1n) is 3.18. The molecule has 12 heavy (non-hydrogen) atoms. The van der Waals surface area contributed by atoms with E-state index in [1.54, 1.807) is 6.07 Å². The van der Waals surface area contributed by atoms with E-state index in [9.17, 15) is 8.78 Å². The fraction of sp³-hybridized carbons (Fsp3) is 0.286. The van der Waals surface area contributed by atoms with Crippen LogP contribution < -0.4 is 4.74 Å². The molecular weight excluding hydrogens is 188 g/mol. The predicted molar refractivity (Wildman–Crippen MR) is 40.4 cm³/mol. The van der Waals surface area contributed by atoms with Gasteiger partial charge < -0.3 is 4.74 Å². The standard InChI is InChI=1S/C7H6ClF2NO/c8-4-5-1-2-11-6(3-5)12-7(9)10/h1-3,7H,4H2. The Balaban J connectivity index is 2.72. The number of rotatable bonds is 3. The first-order valence-corrected chi connectivity index (χ1v) is 3.71. The first-order chi connectivity index (χ1) is 5.72. The van der Waals surface area contributed by atoms with Gasteiger partial charge in [0.15, 0.2) is 0 Å². The van der Waals surface area contributed by atoms with Crippen molar-refractivity contribution < 1.29 is 13.5 Å². The van der Waals surface area contributed by atoms with Gasteiger partial charge in [-0.3, -0.25) is 0 Å². The van der Waals surface area contributed by atoms with Gasteiger partial charge in [-0.25, -0.2) is 4.98 Å². The molecule has 1 rings (SSSR count). The van der Waals surface area contributed by atoms with E-state index in [4.69, 9.17) is 11.6 Å². The van der Waals surface area contributed by atoms with Gasteiger partial charge >= 0.3 is 6.61 Å². The highest BCUT2D eigenvalue weighted by molar-refractivity contribution is 6.17. The second kappa shape index (κ2) is 4.21. The molecule has 0 fully saturated rings. The lowest BCUT2D eigenvalue weighted by Gasteiger charge is -2.03. The normalized spacial score (nSPS) is 10.3. The summed E-state index contributed by atoms with van der Waals surface area (Å²) in [4.78, 5) is 3.57. The van der Waals surface area contributed by atoms with Crippen LogP contribution in [-0.4, -0.2) is 11.6 Å². The number of pyridine rings is 1. The molecule has 0 radical (unpaired) electrons. The highest BCUT2D eigenvalue weighted by Gasteiger charge is 2.04. The number of ether oxygens (including phenoxy) is 1. The molecule has 2 nitrogen and oxygen atoms in total. The van der Waals surface area contributed by atoms with E-state index < -0.39 is 6.61 Å². The smallest absolute Gasteiger partial charge is 0.388 e. The van der Waals surface area contributed by atoms with Gasteiger partial charge in [-0.15, -0.1) is 11.6 Å². The lowest BCUT2D eigenvalue weighted by molar-refractivity contribution is -0.0528. The number of halogens is 3. The quantitative estimate of drug-likeness (QED) is 0.688. The molecule has 1 aromatic rings. The minimum absolute atomic E-state index is 0.108. The van der Waals surface area contributed by atoms with Gasteiger partial charge in [0.05, 0.1) is 0 Å². The van der Waals surface area contributed by atoms with Crippen LogP contribution in [0.2, 0.25) is 0 Å². The average Bonchev–Trinajstić information content (AvgIpc) is 2.03. The molecule has 66 valence electrons. The van der Waals surface area contributed by atoms with Crippen molar-refractivity contribution >= 4 is 11.6 Å². The Morgan fingerprint density at radius 3 is 2.92 bits per heavy atom. The van der Waals surface area contributed by atoms with Crippen molar-refractivity contribution in [2.24, 2.45) is 0 Å². The molecule has 0 aromatic carbocycles. The molecule has 0 saturated carbocycles. The van der Waals surface area contributed by atoms with Crippen LogP contribution in [0.5, 0.6) is 5.88 Å². The van der Waals surface area contributed by atoms with Crippen molar-refractivity contribution in [3.05, 3.63) is 23.9 Å². The largest absolute Gasteiger partial charge is 0.417 e. The van der Waals surface area contributed by atoms with Gasteiger partial charge in [0.25, 0.3) is 0 Å². The third kappa shape index (κ3) is 2.62. The minimum atomic E-state index is -2.84. The molecule has 0 aliphatic heterocycles. The Bertz CT molecular complexity index is 257.